The summed E-state index contributed by atoms with van der Waals surface area (Å²) in [4.78, 5) is 16.5. The maximum Gasteiger partial charge on any atom is 0.227 e. The van der Waals surface area contributed by atoms with Gasteiger partial charge in [-0.3, -0.25) is 0 Å². The molecule has 0 N–H and O–H groups in total. The van der Waals surface area contributed by atoms with Gasteiger partial charge in [-0.2, -0.15) is 0 Å². The van der Waals surface area contributed by atoms with E-state index >= 15 is 0 Å². The topological polar surface area (TPSA) is 81.3 Å². The van der Waals surface area contributed by atoms with Gasteiger partial charge in [-0.25, -0.2) is 15.0 Å². The van der Waals surface area contributed by atoms with Gasteiger partial charge in [-0.15, -0.1) is 0 Å². The molecule has 3 heterocycles. The number of hydrogen-bond donors (Lipinski definition) is 0. The predicted molar refractivity (Wildman–Crippen MR) is 218 cm³/mol. The third-order valence-electron chi connectivity index (χ3n) is 9.92. The van der Waals surface area contributed by atoms with Gasteiger partial charge in [0.05, 0.1) is 0 Å². The van der Waals surface area contributed by atoms with E-state index in [-0.39, 0.29) is 10.8 Å². The minimum absolute atomic E-state index is 0.0178. The SMILES string of the molecule is CC(C)(C)c1ccc2nc(-c3ccc(N(c4ccc(-c5nc6ccccc6o5)cc4)c4ccc(-c5nc6ccc(C(C)(C)C)cc6o5)cc4)cc3)oc2c1. The summed E-state index contributed by atoms with van der Waals surface area (Å²) in [6.07, 6.45) is 0. The summed E-state index contributed by atoms with van der Waals surface area (Å²) >= 11 is 0. The van der Waals surface area contributed by atoms with Crippen molar-refractivity contribution < 1.29 is 13.3 Å². The van der Waals surface area contributed by atoms with Crippen molar-refractivity contribution in [1.82, 2.24) is 15.0 Å². The summed E-state index contributed by atoms with van der Waals surface area (Å²) in [6, 6.07) is 45.2. The molecule has 9 aromatic rings. The Bertz CT molecular complexity index is 2610. The van der Waals surface area contributed by atoms with Crippen LogP contribution in [0, 0.1) is 0 Å². The maximum atomic E-state index is 6.28. The molecule has 0 radical (unpaired) electrons. The number of anilines is 3. The molecule has 0 aliphatic carbocycles. The van der Waals surface area contributed by atoms with E-state index in [0.29, 0.717) is 17.7 Å². The van der Waals surface area contributed by atoms with E-state index in [9.17, 15) is 0 Å². The zero-order valence-electron chi connectivity index (χ0n) is 31.2. The lowest BCUT2D eigenvalue weighted by Crippen LogP contribution is -2.10. The van der Waals surface area contributed by atoms with Crippen LogP contribution in [0.3, 0.4) is 0 Å². The minimum atomic E-state index is 0.0178. The van der Waals surface area contributed by atoms with Crippen LogP contribution in [0.2, 0.25) is 0 Å². The van der Waals surface area contributed by atoms with Crippen LogP contribution in [0.4, 0.5) is 17.1 Å². The number of hydrogen-bond acceptors (Lipinski definition) is 7. The third-order valence-corrected chi connectivity index (χ3v) is 9.92. The van der Waals surface area contributed by atoms with Gasteiger partial charge >= 0.3 is 0 Å². The highest BCUT2D eigenvalue weighted by Gasteiger charge is 2.20. The molecule has 0 aliphatic rings. The van der Waals surface area contributed by atoms with E-state index in [2.05, 4.69) is 131 Å². The first-order valence-corrected chi connectivity index (χ1v) is 18.3. The molecule has 6 aromatic carbocycles. The molecule has 0 amide bonds. The first-order valence-electron chi connectivity index (χ1n) is 18.3. The quantitative estimate of drug-likeness (QED) is 0.170. The summed E-state index contributed by atoms with van der Waals surface area (Å²) in [6.45, 7) is 13.2. The molecule has 0 saturated heterocycles. The summed E-state index contributed by atoms with van der Waals surface area (Å²) in [5.74, 6) is 1.77. The van der Waals surface area contributed by atoms with Gasteiger partial charge in [0.1, 0.15) is 16.6 Å². The van der Waals surface area contributed by atoms with E-state index in [1.165, 1.54) is 11.1 Å². The second-order valence-corrected chi connectivity index (χ2v) is 15.9. The van der Waals surface area contributed by atoms with Gasteiger partial charge in [0.2, 0.25) is 17.7 Å². The summed E-state index contributed by atoms with van der Waals surface area (Å²) < 4.78 is 18.6. The van der Waals surface area contributed by atoms with Crippen LogP contribution in [0.15, 0.2) is 147 Å². The fourth-order valence-electron chi connectivity index (χ4n) is 6.73. The number of fused-ring (bicyclic) bond motifs is 3. The van der Waals surface area contributed by atoms with Crippen molar-refractivity contribution in [2.45, 2.75) is 52.4 Å². The van der Waals surface area contributed by atoms with E-state index in [0.717, 1.165) is 67.1 Å². The van der Waals surface area contributed by atoms with Crippen molar-refractivity contribution in [3.63, 3.8) is 0 Å². The van der Waals surface area contributed by atoms with E-state index in [1.807, 2.05) is 48.5 Å². The number of para-hydroxylation sites is 2. The Morgan fingerprint density at radius 1 is 0.389 bits per heavy atom. The minimum Gasteiger partial charge on any atom is -0.436 e. The summed E-state index contributed by atoms with van der Waals surface area (Å²) in [5.41, 5.74) is 13.0. The fourth-order valence-corrected chi connectivity index (χ4v) is 6.73. The molecule has 0 aliphatic heterocycles. The number of nitrogens with zero attached hydrogens (tertiary/aromatic N) is 4. The van der Waals surface area contributed by atoms with Gasteiger partial charge in [-0.1, -0.05) is 65.8 Å². The molecule has 9 rings (SSSR count). The second-order valence-electron chi connectivity index (χ2n) is 15.9. The average Bonchev–Trinajstić information content (AvgIpc) is 3.91. The largest absolute Gasteiger partial charge is 0.436 e. The van der Waals surface area contributed by atoms with Crippen LogP contribution in [0.25, 0.3) is 67.7 Å². The number of oxazole rings is 3. The molecule has 0 spiro atoms. The van der Waals surface area contributed by atoms with Crippen molar-refractivity contribution in [1.29, 1.82) is 0 Å². The molecule has 0 fully saturated rings. The highest BCUT2D eigenvalue weighted by molar-refractivity contribution is 5.83. The Kier molecular flexibility index (Phi) is 7.78. The Morgan fingerprint density at radius 3 is 1.11 bits per heavy atom. The molecule has 266 valence electrons. The van der Waals surface area contributed by atoms with E-state index in [4.69, 9.17) is 28.2 Å². The van der Waals surface area contributed by atoms with Crippen molar-refractivity contribution >= 4 is 50.4 Å². The van der Waals surface area contributed by atoms with E-state index < -0.39 is 0 Å². The van der Waals surface area contributed by atoms with Crippen molar-refractivity contribution in [2.75, 3.05) is 4.90 Å². The Labute approximate surface area is 313 Å². The molecule has 0 atom stereocenters. The van der Waals surface area contributed by atoms with Crippen LogP contribution >= 0.6 is 0 Å². The first kappa shape index (κ1) is 33.4. The first-order chi connectivity index (χ1) is 26.0. The summed E-state index contributed by atoms with van der Waals surface area (Å²) in [5, 5.41) is 0. The standard InChI is InChI=1S/C47H40N4O3/c1-46(2,3)32-17-25-38-41(27-32)53-44(49-38)30-13-21-35(22-14-30)51(34-19-11-29(12-20-34)43-48-37-9-7-8-10-40(37)52-43)36-23-15-31(16-24-36)45-50-39-26-18-33(47(4,5)6)28-42(39)54-45/h7-28H,1-6H3. The Morgan fingerprint density at radius 2 is 0.741 bits per heavy atom. The summed E-state index contributed by atoms with van der Waals surface area (Å²) in [7, 11) is 0. The monoisotopic (exact) mass is 708 g/mol. The predicted octanol–water partition coefficient (Wildman–Crippen LogP) is 13.2. The fraction of sp³-hybridized carbons (Fsp3) is 0.170. The molecule has 0 unspecified atom stereocenters. The highest BCUT2D eigenvalue weighted by atomic mass is 16.4. The van der Waals surface area contributed by atoms with Crippen molar-refractivity contribution in [2.24, 2.45) is 0 Å². The number of rotatable bonds is 6. The van der Waals surface area contributed by atoms with Crippen molar-refractivity contribution in [3.8, 4) is 34.4 Å². The zero-order valence-corrected chi connectivity index (χ0v) is 31.2. The third kappa shape index (κ3) is 6.21. The molecule has 7 nitrogen and oxygen atoms in total. The Balaban J connectivity index is 1.07. The van der Waals surface area contributed by atoms with Gasteiger partial charge < -0.3 is 18.2 Å². The lowest BCUT2D eigenvalue weighted by Gasteiger charge is -2.26. The number of benzene rings is 6. The van der Waals surface area contributed by atoms with E-state index in [1.54, 1.807) is 0 Å². The Hall–Kier alpha value is -6.47. The molecule has 7 heteroatoms. The van der Waals surface area contributed by atoms with Crippen LogP contribution in [0.1, 0.15) is 52.7 Å². The lowest BCUT2D eigenvalue weighted by molar-refractivity contribution is 0.584. The van der Waals surface area contributed by atoms with Gasteiger partial charge in [0.25, 0.3) is 0 Å². The van der Waals surface area contributed by atoms with Crippen LogP contribution in [-0.2, 0) is 10.8 Å². The van der Waals surface area contributed by atoms with Crippen LogP contribution in [0.5, 0.6) is 0 Å². The van der Waals surface area contributed by atoms with Gasteiger partial charge in [-0.05, 0) is 131 Å². The average molecular weight is 709 g/mol. The molecule has 0 saturated carbocycles. The molecule has 0 bridgehead atoms. The zero-order chi connectivity index (χ0) is 37.2. The molecule has 54 heavy (non-hydrogen) atoms. The smallest absolute Gasteiger partial charge is 0.227 e. The van der Waals surface area contributed by atoms with Crippen molar-refractivity contribution in [3.05, 3.63) is 145 Å². The number of aromatic nitrogens is 3. The van der Waals surface area contributed by atoms with Gasteiger partial charge in [0, 0.05) is 33.8 Å². The maximum absolute atomic E-state index is 6.28. The van der Waals surface area contributed by atoms with Crippen LogP contribution < -0.4 is 4.90 Å². The molecular formula is C47H40N4O3. The normalized spacial score (nSPS) is 12.3. The highest BCUT2D eigenvalue weighted by Crippen LogP contribution is 2.39. The van der Waals surface area contributed by atoms with Crippen LogP contribution in [-0.4, -0.2) is 15.0 Å². The second kappa shape index (κ2) is 12.6. The lowest BCUT2D eigenvalue weighted by atomic mass is 9.87. The van der Waals surface area contributed by atoms with Gasteiger partial charge in [0.15, 0.2) is 16.7 Å². The molecule has 3 aromatic heterocycles. The molecular weight excluding hydrogens is 669 g/mol.